The van der Waals surface area contributed by atoms with Gasteiger partial charge < -0.3 is 10.6 Å². The topological polar surface area (TPSA) is 24.1 Å². The predicted molar refractivity (Wildman–Crippen MR) is 75.3 cm³/mol. The van der Waals surface area contributed by atoms with Crippen molar-refractivity contribution in [1.29, 1.82) is 0 Å². The summed E-state index contributed by atoms with van der Waals surface area (Å²) in [5, 5.41) is 6.80. The maximum absolute atomic E-state index is 3.56. The summed E-state index contributed by atoms with van der Waals surface area (Å²) in [6.07, 6.45) is 1.22. The molecular formula is C15H26N2. The van der Waals surface area contributed by atoms with Crippen molar-refractivity contribution >= 4 is 0 Å². The molecule has 2 heteroatoms. The van der Waals surface area contributed by atoms with Crippen LogP contribution in [0.15, 0.2) is 18.2 Å². The quantitative estimate of drug-likeness (QED) is 0.758. The highest BCUT2D eigenvalue weighted by molar-refractivity contribution is 5.30. The number of aryl methyl sites for hydroxylation is 2. The highest BCUT2D eigenvalue weighted by atomic mass is 14.9. The largest absolute Gasteiger partial charge is 0.319 e. The van der Waals surface area contributed by atoms with E-state index in [9.17, 15) is 0 Å². The lowest BCUT2D eigenvalue weighted by atomic mass is 10.0. The van der Waals surface area contributed by atoms with Gasteiger partial charge in [-0.05, 0) is 51.0 Å². The Morgan fingerprint density at radius 3 is 2.53 bits per heavy atom. The van der Waals surface area contributed by atoms with Crippen LogP contribution in [0.5, 0.6) is 0 Å². The highest BCUT2D eigenvalue weighted by Crippen LogP contribution is 2.10. The average molecular weight is 234 g/mol. The van der Waals surface area contributed by atoms with Gasteiger partial charge >= 0.3 is 0 Å². The summed E-state index contributed by atoms with van der Waals surface area (Å²) in [7, 11) is 2.02. The molecule has 0 aliphatic heterocycles. The van der Waals surface area contributed by atoms with Crippen LogP contribution < -0.4 is 10.6 Å². The minimum absolute atomic E-state index is 0.728. The first kappa shape index (κ1) is 14.2. The van der Waals surface area contributed by atoms with Crippen LogP contribution in [0.4, 0.5) is 0 Å². The molecule has 0 aliphatic rings. The number of benzene rings is 1. The minimum atomic E-state index is 0.728. The zero-order chi connectivity index (χ0) is 12.7. The fourth-order valence-electron chi connectivity index (χ4n) is 2.10. The Hall–Kier alpha value is -0.860. The lowest BCUT2D eigenvalue weighted by Gasteiger charge is -2.16. The van der Waals surface area contributed by atoms with Crippen molar-refractivity contribution in [1.82, 2.24) is 10.6 Å². The number of hydrogen-bond donors (Lipinski definition) is 2. The van der Waals surface area contributed by atoms with Gasteiger partial charge in [0.2, 0.25) is 0 Å². The molecule has 96 valence electrons. The summed E-state index contributed by atoms with van der Waals surface area (Å²) in [6, 6.07) is 6.67. The van der Waals surface area contributed by atoms with E-state index in [-0.39, 0.29) is 0 Å². The molecule has 0 bridgehead atoms. The van der Waals surface area contributed by atoms with Gasteiger partial charge in [0.25, 0.3) is 0 Å². The van der Waals surface area contributed by atoms with Gasteiger partial charge in [-0.3, -0.25) is 0 Å². The average Bonchev–Trinajstić information content (AvgIpc) is 2.30. The second kappa shape index (κ2) is 7.46. The van der Waals surface area contributed by atoms with Crippen molar-refractivity contribution < 1.29 is 0 Å². The van der Waals surface area contributed by atoms with Gasteiger partial charge in [0.15, 0.2) is 0 Å². The Labute approximate surface area is 106 Å². The van der Waals surface area contributed by atoms with Gasteiger partial charge in [-0.2, -0.15) is 0 Å². The molecule has 1 rings (SSSR count). The van der Waals surface area contributed by atoms with Crippen LogP contribution in [0.25, 0.3) is 0 Å². The zero-order valence-corrected chi connectivity index (χ0v) is 11.6. The van der Waals surface area contributed by atoms with E-state index in [0.29, 0.717) is 0 Å². The predicted octanol–water partition coefficient (Wildman–Crippen LogP) is 2.64. The Bertz CT molecular complexity index is 334. The molecule has 1 unspecified atom stereocenters. The van der Waals surface area contributed by atoms with Gasteiger partial charge in [-0.1, -0.05) is 37.1 Å². The van der Waals surface area contributed by atoms with Crippen molar-refractivity contribution in [3.8, 4) is 0 Å². The van der Waals surface area contributed by atoms with Gasteiger partial charge in [-0.15, -0.1) is 0 Å². The molecule has 0 heterocycles. The zero-order valence-electron chi connectivity index (χ0n) is 11.6. The Kier molecular flexibility index (Phi) is 6.23. The summed E-state index contributed by atoms with van der Waals surface area (Å²) in [5.74, 6) is 0.728. The molecule has 0 fully saturated rings. The van der Waals surface area contributed by atoms with E-state index in [0.717, 1.165) is 25.6 Å². The monoisotopic (exact) mass is 234 g/mol. The van der Waals surface area contributed by atoms with E-state index >= 15 is 0 Å². The van der Waals surface area contributed by atoms with Crippen LogP contribution in [0, 0.1) is 19.8 Å². The standard InChI is InChI=1S/C15H26N2/c1-5-14(9-16-4)10-17-11-15-7-6-12(2)8-13(15)3/h6-8,14,16-17H,5,9-11H2,1-4H3. The number of nitrogens with one attached hydrogen (secondary N) is 2. The molecule has 0 saturated carbocycles. The highest BCUT2D eigenvalue weighted by Gasteiger charge is 2.04. The lowest BCUT2D eigenvalue weighted by molar-refractivity contribution is 0.444. The first-order valence-corrected chi connectivity index (χ1v) is 6.58. The SMILES string of the molecule is CCC(CNC)CNCc1ccc(C)cc1C. The molecule has 17 heavy (non-hydrogen) atoms. The molecule has 1 atom stereocenters. The molecule has 0 spiro atoms. The summed E-state index contributed by atoms with van der Waals surface area (Å²) in [6.45, 7) is 9.74. The molecule has 2 nitrogen and oxygen atoms in total. The third kappa shape index (κ3) is 4.88. The summed E-state index contributed by atoms with van der Waals surface area (Å²) in [5.41, 5.74) is 4.14. The molecule has 0 aromatic heterocycles. The summed E-state index contributed by atoms with van der Waals surface area (Å²) in [4.78, 5) is 0. The van der Waals surface area contributed by atoms with Crippen LogP contribution in [0.3, 0.4) is 0 Å². The third-order valence-electron chi connectivity index (χ3n) is 3.32. The Morgan fingerprint density at radius 1 is 1.18 bits per heavy atom. The normalized spacial score (nSPS) is 12.7. The van der Waals surface area contributed by atoms with Crippen molar-refractivity contribution in [2.75, 3.05) is 20.1 Å². The number of hydrogen-bond acceptors (Lipinski definition) is 2. The van der Waals surface area contributed by atoms with Gasteiger partial charge in [0.1, 0.15) is 0 Å². The molecule has 0 amide bonds. The van der Waals surface area contributed by atoms with E-state index in [4.69, 9.17) is 0 Å². The van der Waals surface area contributed by atoms with Gasteiger partial charge in [0.05, 0.1) is 0 Å². The van der Waals surface area contributed by atoms with Crippen molar-refractivity contribution in [2.24, 2.45) is 5.92 Å². The van der Waals surface area contributed by atoms with E-state index < -0.39 is 0 Å². The maximum atomic E-state index is 3.56. The molecule has 1 aromatic carbocycles. The van der Waals surface area contributed by atoms with Crippen LogP contribution in [0.2, 0.25) is 0 Å². The van der Waals surface area contributed by atoms with Gasteiger partial charge in [0, 0.05) is 6.54 Å². The molecule has 2 N–H and O–H groups in total. The molecule has 0 aliphatic carbocycles. The van der Waals surface area contributed by atoms with E-state index in [1.54, 1.807) is 0 Å². The van der Waals surface area contributed by atoms with Crippen molar-refractivity contribution in [2.45, 2.75) is 33.7 Å². The van der Waals surface area contributed by atoms with Crippen molar-refractivity contribution in [3.63, 3.8) is 0 Å². The van der Waals surface area contributed by atoms with Crippen LogP contribution in [-0.4, -0.2) is 20.1 Å². The van der Waals surface area contributed by atoms with Crippen molar-refractivity contribution in [3.05, 3.63) is 34.9 Å². The number of rotatable bonds is 7. The first-order valence-electron chi connectivity index (χ1n) is 6.58. The summed E-state index contributed by atoms with van der Waals surface area (Å²) >= 11 is 0. The van der Waals surface area contributed by atoms with Crippen LogP contribution in [0.1, 0.15) is 30.0 Å². The second-order valence-corrected chi connectivity index (χ2v) is 4.89. The molecule has 0 radical (unpaired) electrons. The molecule has 1 aromatic rings. The maximum Gasteiger partial charge on any atom is 0.0208 e. The van der Waals surface area contributed by atoms with E-state index in [1.165, 1.54) is 23.1 Å². The Morgan fingerprint density at radius 2 is 1.94 bits per heavy atom. The summed E-state index contributed by atoms with van der Waals surface area (Å²) < 4.78 is 0. The fourth-order valence-corrected chi connectivity index (χ4v) is 2.10. The second-order valence-electron chi connectivity index (χ2n) is 4.89. The first-order chi connectivity index (χ1) is 8.17. The van der Waals surface area contributed by atoms with E-state index in [1.807, 2.05) is 7.05 Å². The van der Waals surface area contributed by atoms with Crippen LogP contribution >= 0.6 is 0 Å². The van der Waals surface area contributed by atoms with Gasteiger partial charge in [-0.25, -0.2) is 0 Å². The molecule has 0 saturated heterocycles. The Balaban J connectivity index is 2.39. The molecular weight excluding hydrogens is 208 g/mol. The third-order valence-corrected chi connectivity index (χ3v) is 3.32. The van der Waals surface area contributed by atoms with Crippen LogP contribution in [-0.2, 0) is 6.54 Å². The minimum Gasteiger partial charge on any atom is -0.319 e. The van der Waals surface area contributed by atoms with E-state index in [2.05, 4.69) is 49.6 Å². The smallest absolute Gasteiger partial charge is 0.0208 e. The lowest BCUT2D eigenvalue weighted by Crippen LogP contribution is -2.29. The fraction of sp³-hybridized carbons (Fsp3) is 0.600.